The van der Waals surface area contributed by atoms with Crippen LogP contribution in [0, 0.1) is 4.77 Å². The Kier molecular flexibility index (Phi) is 13.9. The topological polar surface area (TPSA) is 191 Å². The Balaban J connectivity index is 0. The van der Waals surface area contributed by atoms with Gasteiger partial charge in [-0.15, -0.1) is 0 Å². The van der Waals surface area contributed by atoms with E-state index >= 15 is 0 Å². The number of carbonyl (C=O) groups excluding carboxylic acids is 2. The van der Waals surface area contributed by atoms with Gasteiger partial charge >= 0.3 is 5.95 Å². The molecule has 2 aromatic rings. The molecule has 0 fully saturated rings. The molecule has 7 N–H and O–H groups in total. The molecule has 0 aliphatic carbocycles. The summed E-state index contributed by atoms with van der Waals surface area (Å²) in [7, 11) is 6.90. The second-order valence-corrected chi connectivity index (χ2v) is 6.09. The molecule has 0 radical (unpaired) electrons. The maximum absolute atomic E-state index is 10.4. The monoisotopic (exact) mass is 428 g/mol. The standard InChI is InChI=1S/C4H6N4.C4H4N2O2S.2C4H9NO/c5-3-1-2-7-4(6)8-3;7-2-1-3(8)6-4(9)5-2;2*1-4(6)5(2)3/h1-2H,(H4,5,6,7,8);1H,(H3,5,6,7,8,9);2*1-3H3. The molecule has 2 heterocycles. The van der Waals surface area contributed by atoms with Crippen molar-refractivity contribution in [3.63, 3.8) is 0 Å². The number of aromatic amines is 3. The third-order valence-corrected chi connectivity index (χ3v) is 2.93. The molecule has 0 unspecified atom stereocenters. The first-order chi connectivity index (χ1) is 13.3. The third-order valence-electron chi connectivity index (χ3n) is 2.73. The normalized spacial score (nSPS) is 8.62. The zero-order valence-corrected chi connectivity index (χ0v) is 18.1. The number of nitrogens with one attached hydrogen (secondary N) is 3. The Morgan fingerprint density at radius 2 is 1.55 bits per heavy atom. The van der Waals surface area contributed by atoms with Crippen LogP contribution in [0.5, 0.6) is 5.88 Å². The molecular weight excluding hydrogens is 400 g/mol. The van der Waals surface area contributed by atoms with E-state index in [0.29, 0.717) is 11.8 Å². The highest BCUT2D eigenvalue weighted by Crippen LogP contribution is 1.90. The summed E-state index contributed by atoms with van der Waals surface area (Å²) >= 11 is 4.48. The van der Waals surface area contributed by atoms with E-state index in [1.54, 1.807) is 40.5 Å². The smallest absolute Gasteiger partial charge is 0.388 e. The van der Waals surface area contributed by atoms with Crippen LogP contribution in [0.3, 0.4) is 0 Å². The molecule has 2 aromatic heterocycles. The van der Waals surface area contributed by atoms with Crippen molar-refractivity contribution in [2.45, 2.75) is 13.8 Å². The van der Waals surface area contributed by atoms with Crippen molar-refractivity contribution >= 4 is 35.8 Å². The first-order valence-electron chi connectivity index (χ1n) is 8.02. The van der Waals surface area contributed by atoms with E-state index in [2.05, 4.69) is 32.2 Å². The number of nitrogens with two attached hydrogens (primary N) is 2. The Labute approximate surface area is 173 Å². The van der Waals surface area contributed by atoms with Crippen LogP contribution in [0.2, 0.25) is 0 Å². The highest BCUT2D eigenvalue weighted by atomic mass is 32.1. The molecule has 0 aliphatic rings. The lowest BCUT2D eigenvalue weighted by Crippen LogP contribution is -2.17. The fraction of sp³-hybridized carbons (Fsp3) is 0.375. The summed E-state index contributed by atoms with van der Waals surface area (Å²) in [5.41, 5.74) is 9.99. The van der Waals surface area contributed by atoms with Gasteiger partial charge in [0, 0.05) is 54.2 Å². The number of H-pyrrole nitrogens is 3. The Morgan fingerprint density at radius 1 is 1.10 bits per heavy atom. The van der Waals surface area contributed by atoms with Gasteiger partial charge in [-0.2, -0.15) is 0 Å². The molecule has 0 aliphatic heterocycles. The Hall–Kier alpha value is -3.48. The summed E-state index contributed by atoms with van der Waals surface area (Å²) in [5.74, 6) is 0.486. The van der Waals surface area contributed by atoms with E-state index < -0.39 is 11.4 Å². The molecule has 2 rings (SSSR count). The lowest BCUT2D eigenvalue weighted by Gasteiger charge is -2.02. The Morgan fingerprint density at radius 3 is 1.79 bits per heavy atom. The zero-order chi connectivity index (χ0) is 23.1. The molecule has 0 saturated carbocycles. The van der Waals surface area contributed by atoms with E-state index in [1.807, 2.05) is 0 Å². The summed E-state index contributed by atoms with van der Waals surface area (Å²) in [5, 5.41) is 10.4. The van der Waals surface area contributed by atoms with E-state index in [9.17, 15) is 19.5 Å². The van der Waals surface area contributed by atoms with Gasteiger partial charge in [-0.1, -0.05) is 4.98 Å². The minimum atomic E-state index is -0.469. The first kappa shape index (κ1) is 27.7. The van der Waals surface area contributed by atoms with Crippen LogP contribution in [0.25, 0.3) is 0 Å². The number of rotatable bonds is 0. The van der Waals surface area contributed by atoms with E-state index in [-0.39, 0.29) is 16.6 Å². The molecule has 0 atom stereocenters. The van der Waals surface area contributed by atoms with Crippen LogP contribution in [0.1, 0.15) is 13.8 Å². The summed E-state index contributed by atoms with van der Waals surface area (Å²) in [6.07, 6.45) is 1.64. The molecular formula is C16H28N8O4S. The number of carbonyl (C=O) groups is 2. The second-order valence-electron chi connectivity index (χ2n) is 5.68. The van der Waals surface area contributed by atoms with Gasteiger partial charge in [0.15, 0.2) is 4.77 Å². The van der Waals surface area contributed by atoms with Crippen molar-refractivity contribution in [3.8, 4) is 5.88 Å². The predicted octanol–water partition coefficient (Wildman–Crippen LogP) is -1.24. The van der Waals surface area contributed by atoms with Crippen LogP contribution in [0.15, 0.2) is 23.1 Å². The Bertz CT molecular complexity index is 816. The SMILES string of the molecule is CC(=O)N(C)C.CC(=O)N(C)C.Nc1cc[nH+]c(N)n1.O=c1cc([O-])[nH]c(=S)[nH]1. The molecule has 0 aromatic carbocycles. The van der Waals surface area contributed by atoms with Crippen LogP contribution < -0.4 is 27.1 Å². The van der Waals surface area contributed by atoms with E-state index in [4.69, 9.17) is 11.5 Å². The molecule has 13 heteroatoms. The van der Waals surface area contributed by atoms with Gasteiger partial charge in [0.25, 0.3) is 5.56 Å². The van der Waals surface area contributed by atoms with E-state index in [0.717, 1.165) is 6.07 Å². The first-order valence-corrected chi connectivity index (χ1v) is 8.43. The fourth-order valence-electron chi connectivity index (χ4n) is 0.867. The van der Waals surface area contributed by atoms with Gasteiger partial charge in [-0.3, -0.25) is 25.1 Å². The summed E-state index contributed by atoms with van der Waals surface area (Å²) in [6.45, 7) is 3.06. The number of anilines is 2. The average molecular weight is 429 g/mol. The molecule has 0 spiro atoms. The average Bonchev–Trinajstić information content (AvgIpc) is 2.54. The number of aromatic nitrogens is 4. The van der Waals surface area contributed by atoms with Crippen molar-refractivity contribution in [2.75, 3.05) is 39.7 Å². The van der Waals surface area contributed by atoms with Gasteiger partial charge < -0.3 is 25.6 Å². The summed E-state index contributed by atoms with van der Waals surface area (Å²) < 4.78 is 0.0625. The molecule has 0 saturated heterocycles. The fourth-order valence-corrected chi connectivity index (χ4v) is 1.07. The molecule has 0 bridgehead atoms. The number of nitrogen functional groups attached to an aromatic ring is 2. The number of hydrogen-bond donors (Lipinski definition) is 4. The van der Waals surface area contributed by atoms with Crippen molar-refractivity contribution in [1.29, 1.82) is 0 Å². The lowest BCUT2D eigenvalue weighted by molar-refractivity contribution is -0.364. The highest BCUT2D eigenvalue weighted by molar-refractivity contribution is 7.71. The second kappa shape index (κ2) is 14.6. The van der Waals surface area contributed by atoms with Gasteiger partial charge in [0.2, 0.25) is 17.6 Å². The van der Waals surface area contributed by atoms with Crippen LogP contribution in [-0.4, -0.2) is 64.8 Å². The lowest BCUT2D eigenvalue weighted by atomic mass is 10.6. The summed E-state index contributed by atoms with van der Waals surface area (Å²) in [4.78, 5) is 44.3. The summed E-state index contributed by atoms with van der Waals surface area (Å²) in [6, 6.07) is 2.53. The van der Waals surface area contributed by atoms with Crippen molar-refractivity contribution < 1.29 is 19.7 Å². The van der Waals surface area contributed by atoms with Crippen LogP contribution in [-0.2, 0) is 9.59 Å². The minimum Gasteiger partial charge on any atom is -0.860 e. The van der Waals surface area contributed by atoms with Gasteiger partial charge in [0.1, 0.15) is 0 Å². The van der Waals surface area contributed by atoms with Crippen molar-refractivity contribution in [3.05, 3.63) is 33.5 Å². The quantitative estimate of drug-likeness (QED) is 0.374. The molecule has 29 heavy (non-hydrogen) atoms. The van der Waals surface area contributed by atoms with Crippen LogP contribution >= 0.6 is 12.2 Å². The van der Waals surface area contributed by atoms with Gasteiger partial charge in [-0.05, 0) is 18.1 Å². The van der Waals surface area contributed by atoms with Crippen molar-refractivity contribution in [2.24, 2.45) is 0 Å². The maximum atomic E-state index is 10.4. The predicted molar refractivity (Wildman–Crippen MR) is 110 cm³/mol. The van der Waals surface area contributed by atoms with E-state index in [1.165, 1.54) is 23.6 Å². The highest BCUT2D eigenvalue weighted by Gasteiger charge is 1.93. The van der Waals surface area contributed by atoms with Crippen molar-refractivity contribution in [1.82, 2.24) is 24.8 Å². The number of nitrogens with zero attached hydrogens (tertiary/aromatic N) is 3. The maximum Gasteiger partial charge on any atom is 0.388 e. The van der Waals surface area contributed by atoms with Gasteiger partial charge in [0.05, 0.1) is 6.20 Å². The van der Waals surface area contributed by atoms with Gasteiger partial charge in [-0.25, -0.2) is 4.98 Å². The molecule has 2 amide bonds. The van der Waals surface area contributed by atoms with Crippen LogP contribution in [0.4, 0.5) is 11.8 Å². The molecule has 12 nitrogen and oxygen atoms in total. The largest absolute Gasteiger partial charge is 0.860 e. The zero-order valence-electron chi connectivity index (χ0n) is 17.3. The third kappa shape index (κ3) is 17.7. The number of hydrogen-bond acceptors (Lipinski definition) is 8. The number of amides is 2. The molecule has 162 valence electrons. The minimum absolute atomic E-state index is 0.0625.